The fourth-order valence-electron chi connectivity index (χ4n) is 2.36. The maximum Gasteiger partial charge on any atom is 0.416 e. The van der Waals surface area contributed by atoms with E-state index in [2.05, 4.69) is 5.32 Å². The van der Waals surface area contributed by atoms with Crippen molar-refractivity contribution in [3.8, 4) is 0 Å². The minimum atomic E-state index is -4.50. The normalized spacial score (nSPS) is 20.0. The number of rotatable bonds is 3. The van der Waals surface area contributed by atoms with E-state index in [1.807, 2.05) is 0 Å². The molecule has 1 aromatic carbocycles. The molecule has 1 amide bonds. The van der Waals surface area contributed by atoms with Crippen molar-refractivity contribution < 1.29 is 23.1 Å². The van der Waals surface area contributed by atoms with Gasteiger partial charge in [0.25, 0.3) is 0 Å². The molecule has 1 fully saturated rings. The van der Waals surface area contributed by atoms with E-state index in [0.717, 1.165) is 24.6 Å². The summed E-state index contributed by atoms with van der Waals surface area (Å²) in [7, 11) is 0. The zero-order valence-electron chi connectivity index (χ0n) is 11.7. The van der Waals surface area contributed by atoms with Crippen molar-refractivity contribution in [2.45, 2.75) is 25.1 Å². The predicted molar refractivity (Wildman–Crippen MR) is 76.8 cm³/mol. The number of alkyl halides is 3. The van der Waals surface area contributed by atoms with Crippen LogP contribution >= 0.6 is 11.6 Å². The molecule has 2 N–H and O–H groups in total. The van der Waals surface area contributed by atoms with Gasteiger partial charge in [-0.3, -0.25) is 9.69 Å². The number of piperidine rings is 1. The Labute approximate surface area is 130 Å². The van der Waals surface area contributed by atoms with Crippen LogP contribution in [-0.4, -0.2) is 41.7 Å². The monoisotopic (exact) mass is 336 g/mol. The van der Waals surface area contributed by atoms with Gasteiger partial charge in [-0.2, -0.15) is 13.2 Å². The number of β-amino-alcohol motifs (C(OH)–C–C–N with tert-alkyl or cyclic N) is 1. The molecule has 0 spiro atoms. The van der Waals surface area contributed by atoms with Crippen LogP contribution in [0.3, 0.4) is 0 Å². The lowest BCUT2D eigenvalue weighted by atomic mass is 10.1. The standard InChI is InChI=1S/C14H16ClF3N2O2/c15-11-4-3-9(14(16,17)18)6-12(11)19-13(22)8-20-5-1-2-10(21)7-20/h3-4,6,10,21H,1-2,5,7-8H2,(H,19,22). The molecule has 0 aliphatic carbocycles. The number of amides is 1. The number of hydrogen-bond acceptors (Lipinski definition) is 3. The highest BCUT2D eigenvalue weighted by molar-refractivity contribution is 6.33. The van der Waals surface area contributed by atoms with Gasteiger partial charge >= 0.3 is 6.18 Å². The molecule has 0 bridgehead atoms. The highest BCUT2D eigenvalue weighted by Crippen LogP contribution is 2.33. The Hall–Kier alpha value is -1.31. The van der Waals surface area contributed by atoms with Crippen LogP contribution in [-0.2, 0) is 11.0 Å². The number of nitrogens with one attached hydrogen (secondary N) is 1. The van der Waals surface area contributed by atoms with Crippen molar-refractivity contribution in [1.82, 2.24) is 4.90 Å². The van der Waals surface area contributed by atoms with Gasteiger partial charge in [-0.25, -0.2) is 0 Å². The zero-order valence-corrected chi connectivity index (χ0v) is 12.4. The Morgan fingerprint density at radius 3 is 2.82 bits per heavy atom. The van der Waals surface area contributed by atoms with Crippen molar-refractivity contribution in [1.29, 1.82) is 0 Å². The van der Waals surface area contributed by atoms with Crippen LogP contribution in [0.1, 0.15) is 18.4 Å². The highest BCUT2D eigenvalue weighted by Gasteiger charge is 2.31. The van der Waals surface area contributed by atoms with E-state index in [1.165, 1.54) is 0 Å². The number of aliphatic hydroxyl groups is 1. The quantitative estimate of drug-likeness (QED) is 0.892. The maximum absolute atomic E-state index is 12.7. The minimum absolute atomic E-state index is 0.00361. The van der Waals surface area contributed by atoms with Gasteiger partial charge in [0.15, 0.2) is 0 Å². The lowest BCUT2D eigenvalue weighted by Crippen LogP contribution is -2.42. The first-order valence-electron chi connectivity index (χ1n) is 6.83. The van der Waals surface area contributed by atoms with Crippen LogP contribution in [0.4, 0.5) is 18.9 Å². The summed E-state index contributed by atoms with van der Waals surface area (Å²) in [5, 5.41) is 12.0. The third-order valence-electron chi connectivity index (χ3n) is 3.42. The molecule has 22 heavy (non-hydrogen) atoms. The predicted octanol–water partition coefficient (Wildman–Crippen LogP) is 2.75. The molecular formula is C14H16ClF3N2O2. The number of hydrogen-bond donors (Lipinski definition) is 2. The number of benzene rings is 1. The molecule has 122 valence electrons. The SMILES string of the molecule is O=C(CN1CCCC(O)C1)Nc1cc(C(F)(F)F)ccc1Cl. The summed E-state index contributed by atoms with van der Waals surface area (Å²) in [4.78, 5) is 13.7. The molecule has 1 atom stereocenters. The van der Waals surface area contributed by atoms with E-state index in [9.17, 15) is 23.1 Å². The number of anilines is 1. The van der Waals surface area contributed by atoms with Crippen molar-refractivity contribution >= 4 is 23.2 Å². The molecule has 0 saturated carbocycles. The van der Waals surface area contributed by atoms with Gasteiger partial charge in [0, 0.05) is 6.54 Å². The molecular weight excluding hydrogens is 321 g/mol. The fraction of sp³-hybridized carbons (Fsp3) is 0.500. The van der Waals surface area contributed by atoms with Crippen molar-refractivity contribution in [3.63, 3.8) is 0 Å². The number of likely N-dealkylation sites (tertiary alicyclic amines) is 1. The molecule has 4 nitrogen and oxygen atoms in total. The number of nitrogens with zero attached hydrogens (tertiary/aromatic N) is 1. The molecule has 1 aliphatic rings. The van der Waals surface area contributed by atoms with Gasteiger partial charge in [0.1, 0.15) is 0 Å². The number of carbonyl (C=O) groups is 1. The number of halogens is 4. The molecule has 1 heterocycles. The first-order valence-corrected chi connectivity index (χ1v) is 7.20. The summed E-state index contributed by atoms with van der Waals surface area (Å²) in [6.45, 7) is 1.05. The smallest absolute Gasteiger partial charge is 0.392 e. The molecule has 1 saturated heterocycles. The van der Waals surface area contributed by atoms with E-state index >= 15 is 0 Å². The van der Waals surface area contributed by atoms with Gasteiger partial charge in [0.05, 0.1) is 28.9 Å². The third-order valence-corrected chi connectivity index (χ3v) is 3.75. The molecule has 1 aromatic rings. The highest BCUT2D eigenvalue weighted by atomic mass is 35.5. The summed E-state index contributed by atoms with van der Waals surface area (Å²) in [6.07, 6.45) is -3.50. The second kappa shape index (κ2) is 6.85. The van der Waals surface area contributed by atoms with Crippen LogP contribution in [0.2, 0.25) is 5.02 Å². The third kappa shape index (κ3) is 4.59. The van der Waals surface area contributed by atoms with E-state index in [1.54, 1.807) is 4.90 Å². The van der Waals surface area contributed by atoms with E-state index in [0.29, 0.717) is 19.5 Å². The molecule has 2 rings (SSSR count). The zero-order chi connectivity index (χ0) is 16.3. The van der Waals surface area contributed by atoms with Gasteiger partial charge < -0.3 is 10.4 Å². The van der Waals surface area contributed by atoms with E-state index in [4.69, 9.17) is 11.6 Å². The Morgan fingerprint density at radius 1 is 1.45 bits per heavy atom. The van der Waals surface area contributed by atoms with Gasteiger partial charge in [0.2, 0.25) is 5.91 Å². The number of carbonyl (C=O) groups excluding carboxylic acids is 1. The van der Waals surface area contributed by atoms with E-state index < -0.39 is 23.8 Å². The Bertz CT molecular complexity index is 551. The van der Waals surface area contributed by atoms with Crippen LogP contribution < -0.4 is 5.32 Å². The van der Waals surface area contributed by atoms with Crippen molar-refractivity contribution in [3.05, 3.63) is 28.8 Å². The lowest BCUT2D eigenvalue weighted by Gasteiger charge is -2.29. The maximum atomic E-state index is 12.7. The molecule has 0 aromatic heterocycles. The summed E-state index contributed by atoms with van der Waals surface area (Å²) in [5.41, 5.74) is -0.945. The number of aliphatic hydroxyl groups excluding tert-OH is 1. The van der Waals surface area contributed by atoms with Gasteiger partial charge in [-0.1, -0.05) is 11.6 Å². The molecule has 8 heteroatoms. The first-order chi connectivity index (χ1) is 10.3. The second-order valence-corrected chi connectivity index (χ2v) is 5.68. The molecule has 0 radical (unpaired) electrons. The average Bonchev–Trinajstić information content (AvgIpc) is 2.40. The summed E-state index contributed by atoms with van der Waals surface area (Å²) in [5.74, 6) is -0.463. The summed E-state index contributed by atoms with van der Waals surface area (Å²) in [6, 6.07) is 2.77. The first kappa shape index (κ1) is 17.1. The second-order valence-electron chi connectivity index (χ2n) is 5.27. The molecule has 1 unspecified atom stereocenters. The van der Waals surface area contributed by atoms with Crippen LogP contribution in [0.25, 0.3) is 0 Å². The Kier molecular flexibility index (Phi) is 5.31. The van der Waals surface area contributed by atoms with Gasteiger partial charge in [-0.15, -0.1) is 0 Å². The largest absolute Gasteiger partial charge is 0.416 e. The van der Waals surface area contributed by atoms with Crippen LogP contribution in [0, 0.1) is 0 Å². The fourth-order valence-corrected chi connectivity index (χ4v) is 2.53. The van der Waals surface area contributed by atoms with Crippen LogP contribution in [0.15, 0.2) is 18.2 Å². The summed E-state index contributed by atoms with van der Waals surface area (Å²) >= 11 is 5.82. The van der Waals surface area contributed by atoms with Gasteiger partial charge in [-0.05, 0) is 37.6 Å². The Balaban J connectivity index is 2.02. The van der Waals surface area contributed by atoms with Crippen molar-refractivity contribution in [2.24, 2.45) is 0 Å². The Morgan fingerprint density at radius 2 is 2.18 bits per heavy atom. The van der Waals surface area contributed by atoms with E-state index in [-0.39, 0.29) is 17.3 Å². The van der Waals surface area contributed by atoms with Crippen LogP contribution in [0.5, 0.6) is 0 Å². The minimum Gasteiger partial charge on any atom is -0.392 e. The topological polar surface area (TPSA) is 52.6 Å². The lowest BCUT2D eigenvalue weighted by molar-refractivity contribution is -0.137. The van der Waals surface area contributed by atoms with Crippen molar-refractivity contribution in [2.75, 3.05) is 25.0 Å². The molecule has 1 aliphatic heterocycles. The average molecular weight is 337 g/mol. The summed E-state index contributed by atoms with van der Waals surface area (Å²) < 4.78 is 38.0.